The van der Waals surface area contributed by atoms with Gasteiger partial charge < -0.3 is 25.9 Å². The number of rotatable bonds is 5. The van der Waals surface area contributed by atoms with Crippen LogP contribution in [-0.2, 0) is 4.79 Å². The molecule has 1 amide bonds. The van der Waals surface area contributed by atoms with E-state index in [0.717, 1.165) is 16.8 Å². The van der Waals surface area contributed by atoms with Crippen LogP contribution in [0.15, 0.2) is 35.1 Å². The molecule has 9 heteroatoms. The molecular formula is C21H21N5O4. The molecule has 4 aromatic rings. The zero-order valence-electron chi connectivity index (χ0n) is 16.8. The number of nitrogens with two attached hydrogens (primary N) is 2. The highest BCUT2D eigenvalue weighted by Crippen LogP contribution is 2.31. The zero-order valence-corrected chi connectivity index (χ0v) is 16.8. The third kappa shape index (κ3) is 3.10. The average molecular weight is 407 g/mol. The second kappa shape index (κ2) is 7.11. The number of aromatic nitrogens is 3. The third-order valence-corrected chi connectivity index (χ3v) is 4.97. The fourth-order valence-corrected chi connectivity index (χ4v) is 3.56. The number of aromatic amines is 1. The van der Waals surface area contributed by atoms with Crippen molar-refractivity contribution >= 4 is 33.5 Å². The Hall–Kier alpha value is -4.01. The number of hydrogen-bond donors (Lipinski definition) is 3. The minimum Gasteiger partial charge on any atom is -0.496 e. The van der Waals surface area contributed by atoms with E-state index in [1.807, 2.05) is 26.0 Å². The molecule has 2 aromatic heterocycles. The summed E-state index contributed by atoms with van der Waals surface area (Å²) in [4.78, 5) is 26.5. The maximum atomic E-state index is 12.8. The topological polar surface area (TPSA) is 138 Å². The van der Waals surface area contributed by atoms with Crippen molar-refractivity contribution in [2.45, 2.75) is 13.8 Å². The molecule has 0 aliphatic carbocycles. The molecule has 4 rings (SSSR count). The third-order valence-electron chi connectivity index (χ3n) is 4.97. The Bertz CT molecular complexity index is 1370. The molecule has 0 saturated heterocycles. The van der Waals surface area contributed by atoms with Gasteiger partial charge in [-0.3, -0.25) is 9.59 Å². The summed E-state index contributed by atoms with van der Waals surface area (Å²) in [5.41, 5.74) is 14.7. The van der Waals surface area contributed by atoms with E-state index in [4.69, 9.17) is 20.9 Å². The Balaban J connectivity index is 1.94. The summed E-state index contributed by atoms with van der Waals surface area (Å²) in [6.45, 7) is 3.64. The first-order valence-electron chi connectivity index (χ1n) is 9.21. The molecule has 0 aliphatic rings. The Morgan fingerprint density at radius 1 is 1.20 bits per heavy atom. The Labute approximate surface area is 171 Å². The molecular weight excluding hydrogens is 386 g/mol. The maximum Gasteiger partial charge on any atom is 0.261 e. The van der Waals surface area contributed by atoms with Crippen molar-refractivity contribution < 1.29 is 14.3 Å². The van der Waals surface area contributed by atoms with Gasteiger partial charge in [0, 0.05) is 17.5 Å². The smallest absolute Gasteiger partial charge is 0.261 e. The minimum atomic E-state index is -0.588. The molecule has 2 heterocycles. The fraction of sp³-hybridized carbons (Fsp3) is 0.190. The number of hydrogen-bond acceptors (Lipinski definition) is 6. The van der Waals surface area contributed by atoms with Gasteiger partial charge in [-0.2, -0.15) is 5.10 Å². The molecule has 0 atom stereocenters. The summed E-state index contributed by atoms with van der Waals surface area (Å²) in [5, 5.41) is 5.63. The van der Waals surface area contributed by atoms with Gasteiger partial charge in [0.15, 0.2) is 6.61 Å². The summed E-state index contributed by atoms with van der Waals surface area (Å²) in [6.07, 6.45) is 0. The van der Waals surface area contributed by atoms with E-state index < -0.39 is 5.91 Å². The van der Waals surface area contributed by atoms with Gasteiger partial charge in [-0.25, -0.2) is 4.68 Å². The van der Waals surface area contributed by atoms with E-state index in [1.165, 1.54) is 0 Å². The minimum absolute atomic E-state index is 0.233. The van der Waals surface area contributed by atoms with E-state index >= 15 is 0 Å². The highest BCUT2D eigenvalue weighted by molar-refractivity contribution is 6.07. The summed E-state index contributed by atoms with van der Waals surface area (Å²) in [5.74, 6) is 0.748. The van der Waals surface area contributed by atoms with Gasteiger partial charge in [-0.15, -0.1) is 0 Å². The molecule has 0 saturated carbocycles. The number of anilines is 1. The van der Waals surface area contributed by atoms with Gasteiger partial charge in [0.25, 0.3) is 11.5 Å². The molecule has 5 N–H and O–H groups in total. The number of amides is 1. The predicted octanol–water partition coefficient (Wildman–Crippen LogP) is 1.94. The first-order chi connectivity index (χ1) is 14.3. The molecule has 0 radical (unpaired) electrons. The van der Waals surface area contributed by atoms with Crippen molar-refractivity contribution in [2.24, 2.45) is 5.73 Å². The lowest BCUT2D eigenvalue weighted by Gasteiger charge is -2.12. The lowest BCUT2D eigenvalue weighted by molar-refractivity contribution is -0.119. The van der Waals surface area contributed by atoms with Crippen LogP contribution in [0.25, 0.3) is 27.5 Å². The normalized spacial score (nSPS) is 11.2. The number of primary amides is 1. The average Bonchev–Trinajstić information content (AvgIpc) is 3.04. The predicted molar refractivity (Wildman–Crippen MR) is 114 cm³/mol. The molecule has 0 bridgehead atoms. The molecule has 0 spiro atoms. The number of nitrogen functional groups attached to an aromatic ring is 1. The Kier molecular flexibility index (Phi) is 4.57. The zero-order chi connectivity index (χ0) is 21.6. The van der Waals surface area contributed by atoms with Crippen LogP contribution >= 0.6 is 0 Å². The number of fused-ring (bicyclic) bond motifs is 3. The lowest BCUT2D eigenvalue weighted by atomic mass is 10.1. The van der Waals surface area contributed by atoms with E-state index in [0.29, 0.717) is 33.3 Å². The van der Waals surface area contributed by atoms with Crippen LogP contribution < -0.4 is 26.5 Å². The number of pyridine rings is 1. The first kappa shape index (κ1) is 19.3. The van der Waals surface area contributed by atoms with Crippen LogP contribution in [0, 0.1) is 13.8 Å². The summed E-state index contributed by atoms with van der Waals surface area (Å²) in [7, 11) is 1.60. The maximum absolute atomic E-state index is 12.8. The number of carbonyl (C=O) groups excluding carboxylic acids is 1. The number of nitrogens with one attached hydrogen (secondary N) is 1. The van der Waals surface area contributed by atoms with E-state index in [-0.39, 0.29) is 18.0 Å². The van der Waals surface area contributed by atoms with Crippen LogP contribution in [0.2, 0.25) is 0 Å². The molecule has 0 unspecified atom stereocenters. The number of ether oxygens (including phenoxy) is 2. The fourth-order valence-electron chi connectivity index (χ4n) is 3.56. The van der Waals surface area contributed by atoms with Crippen LogP contribution in [0.5, 0.6) is 11.5 Å². The van der Waals surface area contributed by atoms with Gasteiger partial charge in [0.1, 0.15) is 28.2 Å². The molecule has 0 fully saturated rings. The summed E-state index contributed by atoms with van der Waals surface area (Å²) < 4.78 is 12.3. The number of aryl methyl sites for hydroxylation is 2. The van der Waals surface area contributed by atoms with Crippen LogP contribution in [0.1, 0.15) is 11.1 Å². The number of nitrogens with zero attached hydrogens (tertiary/aromatic N) is 2. The van der Waals surface area contributed by atoms with E-state index in [9.17, 15) is 9.59 Å². The van der Waals surface area contributed by atoms with Gasteiger partial charge >= 0.3 is 0 Å². The SMILES string of the molecule is COc1cc(-n2nc3c(c2N)c(=O)[nH]c2cc(OCC(N)=O)ccc23)c(C)cc1C. The summed E-state index contributed by atoms with van der Waals surface area (Å²) in [6, 6.07) is 8.87. The standard InChI is InChI=1S/C21H21N5O4/c1-10-6-11(2)16(29-3)8-15(10)26-20(23)18-19(25-26)13-5-4-12(30-9-17(22)27)7-14(13)24-21(18)28/h4-8H,9,23H2,1-3H3,(H2,22,27)(H,24,28). The number of carbonyl (C=O) groups is 1. The Morgan fingerprint density at radius 3 is 2.67 bits per heavy atom. The number of methoxy groups -OCH3 is 1. The van der Waals surface area contributed by atoms with Crippen molar-refractivity contribution in [1.82, 2.24) is 14.8 Å². The quantitative estimate of drug-likeness (QED) is 0.462. The van der Waals surface area contributed by atoms with Crippen LogP contribution in [0.4, 0.5) is 5.82 Å². The summed E-state index contributed by atoms with van der Waals surface area (Å²) >= 11 is 0. The van der Waals surface area contributed by atoms with Crippen molar-refractivity contribution in [3.63, 3.8) is 0 Å². The highest BCUT2D eigenvalue weighted by Gasteiger charge is 2.19. The molecule has 2 aromatic carbocycles. The Morgan fingerprint density at radius 2 is 1.97 bits per heavy atom. The molecule has 154 valence electrons. The molecule has 0 aliphatic heterocycles. The molecule has 30 heavy (non-hydrogen) atoms. The van der Waals surface area contributed by atoms with Gasteiger partial charge in [0.05, 0.1) is 18.3 Å². The van der Waals surface area contributed by atoms with Crippen molar-refractivity contribution in [2.75, 3.05) is 19.5 Å². The van der Waals surface area contributed by atoms with Gasteiger partial charge in [0.2, 0.25) is 0 Å². The second-order valence-electron chi connectivity index (χ2n) is 7.05. The lowest BCUT2D eigenvalue weighted by Crippen LogP contribution is -2.20. The first-order valence-corrected chi connectivity index (χ1v) is 9.21. The van der Waals surface area contributed by atoms with Crippen molar-refractivity contribution in [3.8, 4) is 17.2 Å². The highest BCUT2D eigenvalue weighted by atomic mass is 16.5. The molecule has 9 nitrogen and oxygen atoms in total. The van der Waals surface area contributed by atoms with Gasteiger partial charge in [-0.1, -0.05) is 6.07 Å². The second-order valence-corrected chi connectivity index (χ2v) is 7.05. The van der Waals surface area contributed by atoms with Crippen LogP contribution in [0.3, 0.4) is 0 Å². The monoisotopic (exact) mass is 407 g/mol. The van der Waals surface area contributed by atoms with Gasteiger partial charge in [-0.05, 0) is 37.1 Å². The van der Waals surface area contributed by atoms with E-state index in [1.54, 1.807) is 30.0 Å². The number of H-pyrrole nitrogens is 1. The number of benzene rings is 2. The van der Waals surface area contributed by atoms with Crippen molar-refractivity contribution in [3.05, 3.63) is 51.8 Å². The van der Waals surface area contributed by atoms with Crippen LogP contribution in [-0.4, -0.2) is 34.4 Å². The van der Waals surface area contributed by atoms with E-state index in [2.05, 4.69) is 10.1 Å². The van der Waals surface area contributed by atoms with Crippen molar-refractivity contribution in [1.29, 1.82) is 0 Å². The largest absolute Gasteiger partial charge is 0.496 e.